The molecule has 0 radical (unpaired) electrons. The van der Waals surface area contributed by atoms with Crippen LogP contribution < -0.4 is 11.1 Å². The van der Waals surface area contributed by atoms with Gasteiger partial charge in [-0.3, -0.25) is 9.59 Å². The third-order valence-electron chi connectivity index (χ3n) is 1.52. The van der Waals surface area contributed by atoms with Gasteiger partial charge in [-0.25, -0.2) is 0 Å². The lowest BCUT2D eigenvalue weighted by atomic mass is 10.1. The fraction of sp³-hybridized carbons (Fsp3) is 0.714. The van der Waals surface area contributed by atoms with E-state index >= 15 is 0 Å². The lowest BCUT2D eigenvalue weighted by Gasteiger charge is -2.10. The van der Waals surface area contributed by atoms with Gasteiger partial charge in [-0.1, -0.05) is 0 Å². The third-order valence-corrected chi connectivity index (χ3v) is 1.52. The molecule has 4 heteroatoms. The highest BCUT2D eigenvalue weighted by Crippen LogP contribution is 1.96. The molecule has 0 aromatic carbocycles. The minimum atomic E-state index is -0.369. The predicted octanol–water partition coefficient (Wildman–Crippen LogP) is -0.571. The van der Waals surface area contributed by atoms with Crippen LogP contribution >= 0.6 is 0 Å². The zero-order chi connectivity index (χ0) is 8.85. The third kappa shape index (κ3) is 4.50. The Labute approximate surface area is 66.1 Å². The topological polar surface area (TPSA) is 72.2 Å². The Morgan fingerprint density at radius 1 is 1.55 bits per heavy atom. The van der Waals surface area contributed by atoms with E-state index in [-0.39, 0.29) is 24.2 Å². The molecule has 0 aliphatic heterocycles. The van der Waals surface area contributed by atoms with Gasteiger partial charge >= 0.3 is 0 Å². The highest BCUT2D eigenvalue weighted by atomic mass is 16.1. The van der Waals surface area contributed by atoms with E-state index in [4.69, 9.17) is 5.73 Å². The van der Waals surface area contributed by atoms with Crippen molar-refractivity contribution in [3.05, 3.63) is 0 Å². The largest absolute Gasteiger partial charge is 0.370 e. The minimum Gasteiger partial charge on any atom is -0.370 e. The van der Waals surface area contributed by atoms with Crippen molar-refractivity contribution >= 4 is 11.7 Å². The van der Waals surface area contributed by atoms with Gasteiger partial charge in [-0.15, -0.1) is 0 Å². The van der Waals surface area contributed by atoms with Gasteiger partial charge in [-0.05, 0) is 20.4 Å². The number of ketones is 1. The van der Waals surface area contributed by atoms with E-state index in [1.54, 1.807) is 7.05 Å². The van der Waals surface area contributed by atoms with Crippen LogP contribution in [-0.2, 0) is 9.59 Å². The van der Waals surface area contributed by atoms with Crippen molar-refractivity contribution in [2.24, 2.45) is 5.73 Å². The van der Waals surface area contributed by atoms with Crippen molar-refractivity contribution < 1.29 is 9.59 Å². The second-order valence-electron chi connectivity index (χ2n) is 2.46. The van der Waals surface area contributed by atoms with E-state index in [9.17, 15) is 9.59 Å². The van der Waals surface area contributed by atoms with Crippen molar-refractivity contribution in [2.45, 2.75) is 25.8 Å². The number of hydrogen-bond acceptors (Lipinski definition) is 3. The Balaban J connectivity index is 3.70. The molecule has 11 heavy (non-hydrogen) atoms. The Bertz CT molecular complexity index is 157. The van der Waals surface area contributed by atoms with Gasteiger partial charge in [0.05, 0.1) is 6.04 Å². The van der Waals surface area contributed by atoms with Crippen molar-refractivity contribution in [1.82, 2.24) is 5.32 Å². The van der Waals surface area contributed by atoms with Crippen LogP contribution in [-0.4, -0.2) is 24.8 Å². The van der Waals surface area contributed by atoms with Crippen LogP contribution in [0.25, 0.3) is 0 Å². The fourth-order valence-corrected chi connectivity index (χ4v) is 0.837. The number of nitrogens with two attached hydrogens (primary N) is 1. The normalized spacial score (nSPS) is 12.5. The van der Waals surface area contributed by atoms with Crippen LogP contribution in [0, 0.1) is 0 Å². The number of primary amides is 1. The van der Waals surface area contributed by atoms with E-state index in [0.29, 0.717) is 6.42 Å². The lowest BCUT2D eigenvalue weighted by molar-refractivity contribution is -0.120. The van der Waals surface area contributed by atoms with Crippen molar-refractivity contribution in [3.8, 4) is 0 Å². The van der Waals surface area contributed by atoms with Crippen LogP contribution in [0.1, 0.15) is 19.8 Å². The van der Waals surface area contributed by atoms with Gasteiger partial charge < -0.3 is 11.1 Å². The van der Waals surface area contributed by atoms with Crippen LogP contribution in [0.4, 0.5) is 0 Å². The summed E-state index contributed by atoms with van der Waals surface area (Å²) in [6.07, 6.45) is 0.742. The summed E-state index contributed by atoms with van der Waals surface area (Å²) in [5.74, 6) is -0.333. The quantitative estimate of drug-likeness (QED) is 0.562. The highest BCUT2D eigenvalue weighted by Gasteiger charge is 2.11. The van der Waals surface area contributed by atoms with E-state index in [2.05, 4.69) is 5.32 Å². The lowest BCUT2D eigenvalue weighted by Crippen LogP contribution is -2.33. The Hall–Kier alpha value is -0.900. The predicted molar refractivity (Wildman–Crippen MR) is 42.0 cm³/mol. The molecule has 0 rings (SSSR count). The molecule has 0 heterocycles. The van der Waals surface area contributed by atoms with Crippen LogP contribution in [0.5, 0.6) is 0 Å². The number of rotatable bonds is 5. The van der Waals surface area contributed by atoms with Crippen LogP contribution in [0.3, 0.4) is 0 Å². The summed E-state index contributed by atoms with van der Waals surface area (Å²) >= 11 is 0. The Morgan fingerprint density at radius 2 is 2.09 bits per heavy atom. The maximum Gasteiger partial charge on any atom is 0.217 e. The van der Waals surface area contributed by atoms with Crippen molar-refractivity contribution in [1.29, 1.82) is 0 Å². The van der Waals surface area contributed by atoms with E-state index in [0.717, 1.165) is 0 Å². The summed E-state index contributed by atoms with van der Waals surface area (Å²) in [4.78, 5) is 21.1. The number of hydrogen-bond donors (Lipinski definition) is 2. The number of amides is 1. The number of nitrogens with one attached hydrogen (secondary N) is 1. The van der Waals surface area contributed by atoms with E-state index < -0.39 is 0 Å². The number of likely N-dealkylation sites (N-methyl/N-ethyl adjacent to an activating group) is 1. The van der Waals surface area contributed by atoms with Gasteiger partial charge in [0, 0.05) is 6.42 Å². The molecule has 0 fully saturated rings. The molecule has 0 saturated carbocycles. The number of Topliss-reactive ketones (excluding diaryl/α,β-unsaturated/α-hetero) is 1. The zero-order valence-corrected chi connectivity index (χ0v) is 6.89. The molecule has 0 saturated heterocycles. The standard InChI is InChI=1S/C7H14N2O2/c1-5(10)6(9-2)3-4-7(8)11/h6,9H,3-4H2,1-2H3,(H2,8,11). The van der Waals surface area contributed by atoms with Gasteiger partial charge in [0.2, 0.25) is 5.91 Å². The molecule has 0 aliphatic carbocycles. The average Bonchev–Trinajstić information content (AvgIpc) is 1.87. The van der Waals surface area contributed by atoms with E-state index in [1.807, 2.05) is 0 Å². The van der Waals surface area contributed by atoms with Crippen LogP contribution in [0.2, 0.25) is 0 Å². The average molecular weight is 158 g/mol. The molecule has 64 valence electrons. The van der Waals surface area contributed by atoms with E-state index in [1.165, 1.54) is 6.92 Å². The molecule has 1 amide bonds. The molecule has 1 unspecified atom stereocenters. The summed E-state index contributed by atoms with van der Waals surface area (Å²) in [5, 5.41) is 2.80. The first kappa shape index (κ1) is 10.1. The monoisotopic (exact) mass is 158 g/mol. The molecule has 0 aromatic rings. The molecule has 0 bridgehead atoms. The molecule has 4 nitrogen and oxygen atoms in total. The highest BCUT2D eigenvalue weighted by molar-refractivity contribution is 5.82. The second kappa shape index (κ2) is 4.85. The number of carbonyl (C=O) groups is 2. The summed E-state index contributed by atoms with van der Waals surface area (Å²) < 4.78 is 0. The van der Waals surface area contributed by atoms with Crippen molar-refractivity contribution in [3.63, 3.8) is 0 Å². The molecule has 0 aliphatic rings. The Morgan fingerprint density at radius 3 is 2.36 bits per heavy atom. The molecular formula is C7H14N2O2. The van der Waals surface area contributed by atoms with Gasteiger partial charge in [0.15, 0.2) is 0 Å². The number of carbonyl (C=O) groups excluding carboxylic acids is 2. The Kier molecular flexibility index (Phi) is 4.45. The first-order valence-electron chi connectivity index (χ1n) is 3.54. The smallest absolute Gasteiger partial charge is 0.217 e. The first-order chi connectivity index (χ1) is 5.07. The maximum atomic E-state index is 10.8. The zero-order valence-electron chi connectivity index (χ0n) is 6.89. The minimum absolute atomic E-state index is 0.0359. The molecular weight excluding hydrogens is 144 g/mol. The summed E-state index contributed by atoms with van der Waals surface area (Å²) in [6, 6.07) is -0.234. The molecule has 1 atom stereocenters. The molecule has 0 spiro atoms. The van der Waals surface area contributed by atoms with Crippen LogP contribution in [0.15, 0.2) is 0 Å². The van der Waals surface area contributed by atoms with Crippen molar-refractivity contribution in [2.75, 3.05) is 7.05 Å². The van der Waals surface area contributed by atoms with Gasteiger partial charge in [0.1, 0.15) is 5.78 Å². The molecule has 3 N–H and O–H groups in total. The summed E-state index contributed by atoms with van der Waals surface area (Å²) in [6.45, 7) is 1.49. The first-order valence-corrected chi connectivity index (χ1v) is 3.54. The maximum absolute atomic E-state index is 10.8. The summed E-state index contributed by atoms with van der Waals surface area (Å²) in [5.41, 5.74) is 4.92. The molecule has 0 aromatic heterocycles. The second-order valence-corrected chi connectivity index (χ2v) is 2.46. The van der Waals surface area contributed by atoms with Gasteiger partial charge in [0.25, 0.3) is 0 Å². The van der Waals surface area contributed by atoms with Gasteiger partial charge in [-0.2, -0.15) is 0 Å². The SMILES string of the molecule is CNC(CCC(N)=O)C(C)=O. The fourth-order valence-electron chi connectivity index (χ4n) is 0.837. The summed E-state index contributed by atoms with van der Waals surface area (Å²) in [7, 11) is 1.69.